The van der Waals surface area contributed by atoms with Gasteiger partial charge in [-0.25, -0.2) is 4.68 Å². The number of hydrogen-bond donors (Lipinski definition) is 1. The smallest absolute Gasteiger partial charge is 0.269 e. The van der Waals surface area contributed by atoms with Crippen molar-refractivity contribution < 1.29 is 14.4 Å². The highest BCUT2D eigenvalue weighted by Gasteiger charge is 2.27. The predicted molar refractivity (Wildman–Crippen MR) is 120 cm³/mol. The van der Waals surface area contributed by atoms with E-state index in [4.69, 9.17) is 5.73 Å². The van der Waals surface area contributed by atoms with Crippen LogP contribution in [0.25, 0.3) is 16.6 Å². The molecule has 162 valence electrons. The van der Waals surface area contributed by atoms with Crippen LogP contribution >= 0.6 is 0 Å². The minimum absolute atomic E-state index is 0.0425. The summed E-state index contributed by atoms with van der Waals surface area (Å²) in [5.74, 6) is 5.04. The molecular weight excluding hydrogens is 406 g/mol. The molecule has 0 radical (unpaired) electrons. The number of carbonyl (C=O) groups is 3. The van der Waals surface area contributed by atoms with Gasteiger partial charge in [-0.15, -0.1) is 0 Å². The van der Waals surface area contributed by atoms with Crippen LogP contribution < -0.4 is 5.73 Å². The van der Waals surface area contributed by atoms with Crippen LogP contribution in [0, 0.1) is 17.8 Å². The topological polar surface area (TPSA) is 102 Å². The van der Waals surface area contributed by atoms with E-state index in [0.717, 1.165) is 12.0 Å². The van der Waals surface area contributed by atoms with Crippen LogP contribution in [-0.2, 0) is 4.79 Å². The van der Waals surface area contributed by atoms with Crippen molar-refractivity contribution in [3.05, 3.63) is 59.3 Å². The molecule has 1 aromatic heterocycles. The molecule has 0 saturated carbocycles. The van der Waals surface area contributed by atoms with Gasteiger partial charge < -0.3 is 15.5 Å². The summed E-state index contributed by atoms with van der Waals surface area (Å²) in [5.41, 5.74) is 8.15. The van der Waals surface area contributed by atoms with Crippen molar-refractivity contribution in [3.63, 3.8) is 0 Å². The highest BCUT2D eigenvalue weighted by Crippen LogP contribution is 2.24. The largest absolute Gasteiger partial charge is 0.364 e. The van der Waals surface area contributed by atoms with E-state index < -0.39 is 5.91 Å². The molecule has 0 spiro atoms. The first-order chi connectivity index (χ1) is 15.3. The van der Waals surface area contributed by atoms with Crippen molar-refractivity contribution in [3.8, 4) is 17.5 Å². The number of rotatable bonds is 3. The third kappa shape index (κ3) is 3.81. The van der Waals surface area contributed by atoms with Gasteiger partial charge in [0.15, 0.2) is 5.69 Å². The number of likely N-dealkylation sites (tertiary alicyclic amines) is 1. The molecule has 3 amide bonds. The lowest BCUT2D eigenvalue weighted by atomic mass is 10.1. The van der Waals surface area contributed by atoms with Gasteiger partial charge >= 0.3 is 0 Å². The zero-order valence-electron chi connectivity index (χ0n) is 18.1. The minimum Gasteiger partial charge on any atom is -0.364 e. The van der Waals surface area contributed by atoms with Crippen molar-refractivity contribution in [2.24, 2.45) is 11.7 Å². The van der Waals surface area contributed by atoms with E-state index in [2.05, 4.69) is 16.9 Å². The summed E-state index contributed by atoms with van der Waals surface area (Å²) >= 11 is 0. The second kappa shape index (κ2) is 8.19. The second-order valence-corrected chi connectivity index (χ2v) is 7.98. The van der Waals surface area contributed by atoms with Gasteiger partial charge in [-0.05, 0) is 42.8 Å². The molecule has 1 saturated heterocycles. The van der Waals surface area contributed by atoms with Gasteiger partial charge in [-0.2, -0.15) is 5.10 Å². The summed E-state index contributed by atoms with van der Waals surface area (Å²) in [4.78, 5) is 39.6. The Kier molecular flexibility index (Phi) is 5.41. The number of fused-ring (bicyclic) bond motifs is 1. The minimum atomic E-state index is -0.678. The molecule has 1 aliphatic rings. The van der Waals surface area contributed by atoms with Gasteiger partial charge in [0.25, 0.3) is 11.8 Å². The maximum atomic E-state index is 12.4. The van der Waals surface area contributed by atoms with Crippen molar-refractivity contribution in [2.45, 2.75) is 6.42 Å². The average Bonchev–Trinajstić information content (AvgIpc) is 3.32. The Balaban J connectivity index is 1.76. The molecule has 0 unspecified atom stereocenters. The first-order valence-electron chi connectivity index (χ1n) is 10.2. The third-order valence-electron chi connectivity index (χ3n) is 5.48. The predicted octanol–water partition coefficient (Wildman–Crippen LogP) is 1.66. The van der Waals surface area contributed by atoms with Gasteiger partial charge in [0, 0.05) is 44.2 Å². The lowest BCUT2D eigenvalue weighted by Crippen LogP contribution is -2.21. The van der Waals surface area contributed by atoms with E-state index in [9.17, 15) is 14.4 Å². The number of benzene rings is 2. The molecule has 0 bridgehead atoms. The quantitative estimate of drug-likeness (QED) is 0.640. The number of hydrogen-bond acceptors (Lipinski definition) is 4. The standard InChI is InChI=1S/C24H23N5O3/c1-27(2)23(31)17-9-10-20-19(14-17)21(22(25)30)26-29(20)18-6-4-5-15(13-18)7-8-16-11-12-28(3)24(16)32/h4-6,9-10,13-14,16H,11-12H2,1-3H3,(H2,25,30)/t16-/m1/s1. The molecule has 0 aliphatic carbocycles. The highest BCUT2D eigenvalue weighted by molar-refractivity contribution is 6.07. The van der Waals surface area contributed by atoms with Gasteiger partial charge in [-0.1, -0.05) is 17.9 Å². The average molecular weight is 429 g/mol. The van der Waals surface area contributed by atoms with E-state index in [1.165, 1.54) is 4.90 Å². The molecule has 2 heterocycles. The fraction of sp³-hybridized carbons (Fsp3) is 0.250. The van der Waals surface area contributed by atoms with Crippen LogP contribution in [0.15, 0.2) is 42.5 Å². The Morgan fingerprint density at radius 3 is 2.62 bits per heavy atom. The van der Waals surface area contributed by atoms with E-state index >= 15 is 0 Å². The molecule has 8 nitrogen and oxygen atoms in total. The number of aromatic nitrogens is 2. The molecule has 2 N–H and O–H groups in total. The Labute approximate surface area is 185 Å². The Morgan fingerprint density at radius 2 is 1.97 bits per heavy atom. The van der Waals surface area contributed by atoms with Crippen LogP contribution in [0.5, 0.6) is 0 Å². The lowest BCUT2D eigenvalue weighted by Gasteiger charge is -2.10. The highest BCUT2D eigenvalue weighted by atomic mass is 16.2. The summed E-state index contributed by atoms with van der Waals surface area (Å²) in [6.45, 7) is 0.714. The second-order valence-electron chi connectivity index (χ2n) is 7.98. The van der Waals surface area contributed by atoms with E-state index in [1.54, 1.807) is 48.9 Å². The summed E-state index contributed by atoms with van der Waals surface area (Å²) in [5, 5.41) is 4.91. The maximum Gasteiger partial charge on any atom is 0.269 e. The molecule has 8 heteroatoms. The fourth-order valence-corrected chi connectivity index (χ4v) is 3.73. The fourth-order valence-electron chi connectivity index (χ4n) is 3.73. The monoisotopic (exact) mass is 429 g/mol. The molecule has 1 aliphatic heterocycles. The van der Waals surface area contributed by atoms with Crippen LogP contribution in [0.4, 0.5) is 0 Å². The number of nitrogens with zero attached hydrogens (tertiary/aromatic N) is 4. The van der Waals surface area contributed by atoms with Gasteiger partial charge in [0.1, 0.15) is 5.92 Å². The summed E-state index contributed by atoms with van der Waals surface area (Å²) in [6, 6.07) is 12.4. The first kappa shape index (κ1) is 21.1. The van der Waals surface area contributed by atoms with E-state index in [1.807, 2.05) is 24.3 Å². The summed E-state index contributed by atoms with van der Waals surface area (Å²) < 4.78 is 1.61. The van der Waals surface area contributed by atoms with Crippen LogP contribution in [0.2, 0.25) is 0 Å². The van der Waals surface area contributed by atoms with Crippen LogP contribution in [0.1, 0.15) is 32.8 Å². The van der Waals surface area contributed by atoms with Crippen LogP contribution in [-0.4, -0.2) is 65.0 Å². The molecule has 2 aromatic carbocycles. The molecule has 4 rings (SSSR count). The number of carbonyl (C=O) groups excluding carboxylic acids is 3. The zero-order chi connectivity index (χ0) is 23.0. The number of primary amides is 1. The molecule has 1 atom stereocenters. The van der Waals surface area contributed by atoms with Gasteiger partial charge in [-0.3, -0.25) is 14.4 Å². The molecule has 1 fully saturated rings. The van der Waals surface area contributed by atoms with Gasteiger partial charge in [0.2, 0.25) is 5.91 Å². The molecule has 3 aromatic rings. The Morgan fingerprint density at radius 1 is 1.19 bits per heavy atom. The maximum absolute atomic E-state index is 12.4. The van der Waals surface area contributed by atoms with E-state index in [0.29, 0.717) is 28.7 Å². The van der Waals surface area contributed by atoms with Crippen molar-refractivity contribution in [1.82, 2.24) is 19.6 Å². The first-order valence-corrected chi connectivity index (χ1v) is 10.2. The lowest BCUT2D eigenvalue weighted by molar-refractivity contribution is -0.128. The SMILES string of the molecule is CN(C)C(=O)c1ccc2c(c1)c(C(N)=O)nn2-c1cccc(C#C[C@@H]2CCN(C)C2=O)c1. The van der Waals surface area contributed by atoms with Gasteiger partial charge in [0.05, 0.1) is 11.2 Å². The Hall–Kier alpha value is -4.12. The number of amides is 3. The van der Waals surface area contributed by atoms with E-state index in [-0.39, 0.29) is 23.4 Å². The number of nitrogens with two attached hydrogens (primary N) is 1. The molecular formula is C24H23N5O3. The van der Waals surface area contributed by atoms with Crippen LogP contribution in [0.3, 0.4) is 0 Å². The molecule has 32 heavy (non-hydrogen) atoms. The van der Waals surface area contributed by atoms with Crippen molar-refractivity contribution in [2.75, 3.05) is 27.7 Å². The normalized spacial score (nSPS) is 15.5. The summed E-state index contributed by atoms with van der Waals surface area (Å²) in [7, 11) is 5.10. The third-order valence-corrected chi connectivity index (χ3v) is 5.48. The zero-order valence-corrected chi connectivity index (χ0v) is 18.1. The van der Waals surface area contributed by atoms with Crippen molar-refractivity contribution >= 4 is 28.6 Å². The Bertz CT molecular complexity index is 1310. The van der Waals surface area contributed by atoms with Crippen molar-refractivity contribution in [1.29, 1.82) is 0 Å². The summed E-state index contributed by atoms with van der Waals surface area (Å²) in [6.07, 6.45) is 0.724.